The van der Waals surface area contributed by atoms with E-state index in [1.165, 1.54) is 218 Å². The summed E-state index contributed by atoms with van der Waals surface area (Å²) in [6.07, 6.45) is 58.8. The Hall–Kier alpha value is -1.94. The van der Waals surface area contributed by atoms with Crippen LogP contribution >= 0.6 is 15.6 Å². The van der Waals surface area contributed by atoms with Gasteiger partial charge in [-0.25, -0.2) is 9.13 Å². The predicted octanol–water partition coefficient (Wildman–Crippen LogP) is 23.1. The Kier molecular flexibility index (Phi) is 68.4. The molecule has 0 spiro atoms. The van der Waals surface area contributed by atoms with E-state index in [4.69, 9.17) is 37.0 Å². The van der Waals surface area contributed by atoms with Crippen LogP contribution in [0.2, 0.25) is 0 Å². The first-order valence-corrected chi connectivity index (χ1v) is 43.5. The number of aliphatic hydroxyl groups excluding tert-OH is 1. The van der Waals surface area contributed by atoms with E-state index in [1.807, 2.05) is 0 Å². The normalized spacial score (nSPS) is 14.0. The number of rotatable bonds is 77. The summed E-state index contributed by atoms with van der Waals surface area (Å²) in [5.41, 5.74) is 0. The Balaban J connectivity index is 5.19. The maximum Gasteiger partial charge on any atom is 0.472 e. The van der Waals surface area contributed by atoms with Crippen molar-refractivity contribution >= 4 is 39.5 Å². The van der Waals surface area contributed by atoms with Crippen LogP contribution in [0.15, 0.2) is 0 Å². The van der Waals surface area contributed by atoms with Crippen LogP contribution in [0.1, 0.15) is 408 Å². The third kappa shape index (κ3) is 72.2. The summed E-state index contributed by atoms with van der Waals surface area (Å²) in [6.45, 7) is 9.46. The fourth-order valence-corrected chi connectivity index (χ4v) is 13.6. The lowest BCUT2D eigenvalue weighted by molar-refractivity contribution is -0.161. The molecule has 0 saturated carbocycles. The molecule has 0 rings (SSSR count). The molecule has 0 aromatic rings. The monoisotopic (exact) mass is 1420 g/mol. The highest BCUT2D eigenvalue weighted by Gasteiger charge is 2.30. The second-order valence-electron chi connectivity index (χ2n) is 29.1. The van der Waals surface area contributed by atoms with Gasteiger partial charge in [0.2, 0.25) is 0 Å². The van der Waals surface area contributed by atoms with Crippen molar-refractivity contribution in [2.75, 3.05) is 39.6 Å². The van der Waals surface area contributed by atoms with Crippen LogP contribution in [-0.2, 0) is 65.4 Å². The van der Waals surface area contributed by atoms with E-state index >= 15 is 0 Å². The van der Waals surface area contributed by atoms with Gasteiger partial charge in [0.1, 0.15) is 19.3 Å². The lowest BCUT2D eigenvalue weighted by Crippen LogP contribution is -2.30. The average molecular weight is 1420 g/mol. The van der Waals surface area contributed by atoms with Gasteiger partial charge in [-0.3, -0.25) is 37.3 Å². The summed E-state index contributed by atoms with van der Waals surface area (Å²) in [4.78, 5) is 72.8. The highest BCUT2D eigenvalue weighted by Crippen LogP contribution is 2.45. The molecule has 19 heteroatoms. The topological polar surface area (TPSA) is 237 Å². The lowest BCUT2D eigenvalue weighted by atomic mass is 10.0. The van der Waals surface area contributed by atoms with Gasteiger partial charge in [0.05, 0.1) is 26.4 Å². The summed E-state index contributed by atoms with van der Waals surface area (Å²) in [5, 5.41) is 10.6. The molecule has 576 valence electrons. The molecule has 0 aromatic carbocycles. The Morgan fingerprint density at radius 2 is 0.474 bits per heavy atom. The van der Waals surface area contributed by atoms with Gasteiger partial charge >= 0.3 is 39.5 Å². The molecule has 5 atom stereocenters. The van der Waals surface area contributed by atoms with Gasteiger partial charge in [-0.15, -0.1) is 0 Å². The van der Waals surface area contributed by atoms with E-state index in [9.17, 15) is 43.2 Å². The lowest BCUT2D eigenvalue weighted by Gasteiger charge is -2.21. The number of aliphatic hydroxyl groups is 1. The highest BCUT2D eigenvalue weighted by atomic mass is 31.2. The van der Waals surface area contributed by atoms with Crippen LogP contribution in [0.3, 0.4) is 0 Å². The molecule has 0 aliphatic heterocycles. The molecule has 0 aliphatic carbocycles. The summed E-state index contributed by atoms with van der Waals surface area (Å²) in [5.74, 6) is -0.744. The predicted molar refractivity (Wildman–Crippen MR) is 395 cm³/mol. The number of unbranched alkanes of at least 4 members (excludes halogenated alkanes) is 47. The fourth-order valence-electron chi connectivity index (χ4n) is 12.0. The third-order valence-electron chi connectivity index (χ3n) is 18.2. The first kappa shape index (κ1) is 95.1. The molecule has 0 amide bonds. The van der Waals surface area contributed by atoms with E-state index < -0.39 is 97.5 Å². The molecule has 0 aromatic heterocycles. The van der Waals surface area contributed by atoms with Crippen LogP contribution in [0.4, 0.5) is 0 Å². The molecular weight excluding hydrogens is 1270 g/mol. The largest absolute Gasteiger partial charge is 0.472 e. The molecule has 0 heterocycles. The van der Waals surface area contributed by atoms with Crippen molar-refractivity contribution in [3.05, 3.63) is 0 Å². The van der Waals surface area contributed by atoms with Crippen molar-refractivity contribution in [3.63, 3.8) is 0 Å². The van der Waals surface area contributed by atoms with E-state index in [2.05, 4.69) is 41.5 Å². The van der Waals surface area contributed by atoms with Gasteiger partial charge in [-0.1, -0.05) is 356 Å². The number of hydrogen-bond acceptors (Lipinski definition) is 15. The van der Waals surface area contributed by atoms with Crippen molar-refractivity contribution in [3.8, 4) is 0 Å². The SMILES string of the molecule is CCCCCCCCCCCCCCCCCCCCCC(=O)OC[C@H](COP(=O)(O)OC[C@@H](O)COP(=O)(O)OC[C@@H](COC(=O)CCCCCCCCC(C)C)OC(=O)CCCCCCCCCC(C)C)OC(=O)CCCCCCCCCCCCCCCCCCCCC. The number of carbonyl (C=O) groups excluding carboxylic acids is 4. The molecule has 0 bridgehead atoms. The Morgan fingerprint density at radius 1 is 0.278 bits per heavy atom. The summed E-state index contributed by atoms with van der Waals surface area (Å²) < 4.78 is 68.5. The minimum absolute atomic E-state index is 0.103. The zero-order valence-corrected chi connectivity index (χ0v) is 65.2. The number of ether oxygens (including phenoxy) is 4. The Bertz CT molecular complexity index is 1870. The maximum atomic E-state index is 13.1. The van der Waals surface area contributed by atoms with Gasteiger partial charge in [-0.05, 0) is 37.5 Å². The van der Waals surface area contributed by atoms with E-state index in [0.29, 0.717) is 37.5 Å². The fraction of sp³-hybridized carbons (Fsp3) is 0.949. The second-order valence-corrected chi connectivity index (χ2v) is 32.0. The van der Waals surface area contributed by atoms with Crippen molar-refractivity contribution in [2.45, 2.75) is 426 Å². The van der Waals surface area contributed by atoms with Crippen LogP contribution in [-0.4, -0.2) is 96.7 Å². The van der Waals surface area contributed by atoms with E-state index in [-0.39, 0.29) is 25.7 Å². The van der Waals surface area contributed by atoms with Crippen molar-refractivity contribution in [1.29, 1.82) is 0 Å². The van der Waals surface area contributed by atoms with Gasteiger partial charge in [-0.2, -0.15) is 0 Å². The number of carbonyl (C=O) groups is 4. The molecular formula is C78H152O17P2. The number of phosphoric ester groups is 2. The third-order valence-corrected chi connectivity index (χ3v) is 20.1. The molecule has 0 radical (unpaired) electrons. The highest BCUT2D eigenvalue weighted by molar-refractivity contribution is 7.47. The minimum atomic E-state index is -4.96. The van der Waals surface area contributed by atoms with Crippen LogP contribution in [0, 0.1) is 11.8 Å². The molecule has 0 fully saturated rings. The quantitative estimate of drug-likeness (QED) is 0.0222. The average Bonchev–Trinajstić information content (AvgIpc) is 2.99. The first-order chi connectivity index (χ1) is 46.9. The van der Waals surface area contributed by atoms with Crippen LogP contribution in [0.25, 0.3) is 0 Å². The van der Waals surface area contributed by atoms with Gasteiger partial charge in [0, 0.05) is 25.7 Å². The number of phosphoric acid groups is 2. The number of esters is 4. The molecule has 2 unspecified atom stereocenters. The Labute approximate surface area is 594 Å². The van der Waals surface area contributed by atoms with Gasteiger partial charge < -0.3 is 33.8 Å². The minimum Gasteiger partial charge on any atom is -0.462 e. The van der Waals surface area contributed by atoms with Crippen molar-refractivity contribution < 1.29 is 80.2 Å². The maximum absolute atomic E-state index is 13.1. The van der Waals surface area contributed by atoms with Gasteiger partial charge in [0.15, 0.2) is 12.2 Å². The molecule has 0 aliphatic rings. The van der Waals surface area contributed by atoms with Crippen molar-refractivity contribution in [1.82, 2.24) is 0 Å². The van der Waals surface area contributed by atoms with E-state index in [0.717, 1.165) is 96.3 Å². The standard InChI is InChI=1S/C78H152O17P2/c1-7-9-11-13-15-17-19-21-23-25-27-29-31-33-35-37-41-48-54-60-75(80)88-66-73(94-77(82)62-56-50-42-38-36-34-32-30-28-26-24-22-20-18-16-14-12-10-8-2)68-92-96(84,85)90-64-72(79)65-91-97(86,87)93-69-74(67-89-76(81)61-55-49-45-44-47-53-59-71(5)6)95-78(83)63-57-51-43-39-40-46-52-58-70(3)4/h70-74,79H,7-69H2,1-6H3,(H,84,85)(H,86,87)/t72-,73-,74-/m1/s1. The number of hydrogen-bond donors (Lipinski definition) is 3. The zero-order valence-electron chi connectivity index (χ0n) is 63.4. The molecule has 3 N–H and O–H groups in total. The summed E-state index contributed by atoms with van der Waals surface area (Å²) >= 11 is 0. The zero-order chi connectivity index (χ0) is 71.4. The summed E-state index contributed by atoms with van der Waals surface area (Å²) in [7, 11) is -9.91. The molecule has 0 saturated heterocycles. The Morgan fingerprint density at radius 3 is 0.701 bits per heavy atom. The van der Waals surface area contributed by atoms with Crippen LogP contribution < -0.4 is 0 Å². The van der Waals surface area contributed by atoms with Gasteiger partial charge in [0.25, 0.3) is 0 Å². The smallest absolute Gasteiger partial charge is 0.462 e. The van der Waals surface area contributed by atoms with E-state index in [1.54, 1.807) is 0 Å². The summed E-state index contributed by atoms with van der Waals surface area (Å²) in [6, 6.07) is 0. The second kappa shape index (κ2) is 69.8. The first-order valence-electron chi connectivity index (χ1n) is 40.5. The molecule has 97 heavy (non-hydrogen) atoms. The van der Waals surface area contributed by atoms with Crippen LogP contribution in [0.5, 0.6) is 0 Å². The van der Waals surface area contributed by atoms with Crippen molar-refractivity contribution in [2.24, 2.45) is 11.8 Å². The molecule has 17 nitrogen and oxygen atoms in total.